The number of rotatable bonds is 4. The molecule has 2 aromatic rings. The number of aromatic nitrogens is 2. The molecule has 1 aliphatic heterocycles. The van der Waals surface area contributed by atoms with E-state index in [1.54, 1.807) is 15.6 Å². The van der Waals surface area contributed by atoms with Crippen LogP contribution in [-0.4, -0.2) is 41.6 Å². The Morgan fingerprint density at radius 3 is 3.05 bits per heavy atom. The Labute approximate surface area is 129 Å². The molecule has 5 nitrogen and oxygen atoms in total. The van der Waals surface area contributed by atoms with Gasteiger partial charge >= 0.3 is 0 Å². The minimum Gasteiger partial charge on any atom is -0.330 e. The normalized spacial score (nSPS) is 20.7. The predicted octanol–water partition coefficient (Wildman–Crippen LogP) is 2.28. The van der Waals surface area contributed by atoms with Crippen LogP contribution in [-0.2, 0) is 16.6 Å². The topological polar surface area (TPSA) is 55.2 Å². The van der Waals surface area contributed by atoms with Crippen molar-refractivity contribution in [1.82, 2.24) is 13.9 Å². The number of thiophene rings is 1. The van der Waals surface area contributed by atoms with E-state index in [4.69, 9.17) is 0 Å². The van der Waals surface area contributed by atoms with Crippen molar-refractivity contribution in [3.63, 3.8) is 0 Å². The van der Waals surface area contributed by atoms with E-state index in [-0.39, 0.29) is 0 Å². The van der Waals surface area contributed by atoms with Crippen molar-refractivity contribution in [1.29, 1.82) is 0 Å². The molecule has 0 amide bonds. The van der Waals surface area contributed by atoms with Crippen molar-refractivity contribution in [3.8, 4) is 10.7 Å². The summed E-state index contributed by atoms with van der Waals surface area (Å²) in [5.41, 5.74) is 0. The average Bonchev–Trinajstić information content (AvgIpc) is 3.08. The zero-order valence-electron chi connectivity index (χ0n) is 12.0. The highest BCUT2D eigenvalue weighted by atomic mass is 32.2. The summed E-state index contributed by atoms with van der Waals surface area (Å²) in [6, 6.07) is 4.08. The number of hydrogen-bond donors (Lipinski definition) is 0. The molecule has 1 unspecified atom stereocenters. The van der Waals surface area contributed by atoms with E-state index in [1.165, 1.54) is 6.26 Å². The summed E-state index contributed by atoms with van der Waals surface area (Å²) in [7, 11) is -3.08. The molecule has 3 heterocycles. The minimum atomic E-state index is -3.08. The Morgan fingerprint density at radius 2 is 2.33 bits per heavy atom. The molecule has 0 N–H and O–H groups in total. The second-order valence-corrected chi connectivity index (χ2v) is 8.44. The van der Waals surface area contributed by atoms with Gasteiger partial charge in [0.05, 0.1) is 11.1 Å². The fourth-order valence-corrected chi connectivity index (χ4v) is 4.52. The van der Waals surface area contributed by atoms with Crippen LogP contribution in [0.4, 0.5) is 0 Å². The summed E-state index contributed by atoms with van der Waals surface area (Å²) in [5.74, 6) is 1.32. The Hall–Kier alpha value is -1.18. The summed E-state index contributed by atoms with van der Waals surface area (Å²) in [6.45, 7) is 2.08. The van der Waals surface area contributed by atoms with Gasteiger partial charge in [-0.15, -0.1) is 11.3 Å². The smallest absolute Gasteiger partial charge is 0.211 e. The molecule has 3 rings (SSSR count). The van der Waals surface area contributed by atoms with E-state index in [2.05, 4.69) is 15.6 Å². The third-order valence-corrected chi connectivity index (χ3v) is 6.00. The van der Waals surface area contributed by atoms with Gasteiger partial charge < -0.3 is 4.57 Å². The quantitative estimate of drug-likeness (QED) is 0.866. The SMILES string of the molecule is CS(=O)(=O)N1CCCC(Cn2ccnc2-c2cccs2)C1. The van der Waals surface area contributed by atoms with E-state index < -0.39 is 10.0 Å². The Balaban J connectivity index is 1.74. The molecule has 21 heavy (non-hydrogen) atoms. The minimum absolute atomic E-state index is 0.349. The van der Waals surface area contributed by atoms with Gasteiger partial charge in [0, 0.05) is 32.0 Å². The van der Waals surface area contributed by atoms with Crippen molar-refractivity contribution in [2.24, 2.45) is 5.92 Å². The monoisotopic (exact) mass is 325 g/mol. The van der Waals surface area contributed by atoms with Crippen LogP contribution in [0.5, 0.6) is 0 Å². The van der Waals surface area contributed by atoms with E-state index >= 15 is 0 Å². The van der Waals surface area contributed by atoms with Gasteiger partial charge in [0.1, 0.15) is 5.82 Å². The lowest BCUT2D eigenvalue weighted by Crippen LogP contribution is -2.40. The largest absolute Gasteiger partial charge is 0.330 e. The number of hydrogen-bond acceptors (Lipinski definition) is 4. The lowest BCUT2D eigenvalue weighted by molar-refractivity contribution is 0.247. The molecule has 1 saturated heterocycles. The summed E-state index contributed by atoms with van der Waals surface area (Å²) >= 11 is 1.67. The highest BCUT2D eigenvalue weighted by Crippen LogP contribution is 2.26. The zero-order valence-corrected chi connectivity index (χ0v) is 13.6. The van der Waals surface area contributed by atoms with Crippen LogP contribution in [0.2, 0.25) is 0 Å². The lowest BCUT2D eigenvalue weighted by Gasteiger charge is -2.31. The first-order valence-corrected chi connectivity index (χ1v) is 9.77. The maximum absolute atomic E-state index is 11.7. The molecule has 0 aliphatic carbocycles. The van der Waals surface area contributed by atoms with Crippen LogP contribution in [0, 0.1) is 5.92 Å². The van der Waals surface area contributed by atoms with Crippen LogP contribution in [0.3, 0.4) is 0 Å². The van der Waals surface area contributed by atoms with Gasteiger partial charge in [0.15, 0.2) is 0 Å². The van der Waals surface area contributed by atoms with Crippen molar-refractivity contribution in [3.05, 3.63) is 29.9 Å². The maximum Gasteiger partial charge on any atom is 0.211 e. The molecule has 0 bridgehead atoms. The summed E-state index contributed by atoms with van der Waals surface area (Å²) < 4.78 is 27.1. The van der Waals surface area contributed by atoms with E-state index in [0.717, 1.165) is 30.1 Å². The third-order valence-electron chi connectivity index (χ3n) is 3.86. The summed E-state index contributed by atoms with van der Waals surface area (Å²) in [5, 5.41) is 2.04. The standard InChI is InChI=1S/C14H19N3O2S2/c1-21(18,19)17-7-2-4-12(11-17)10-16-8-6-15-14(16)13-5-3-9-20-13/h3,5-6,8-9,12H,2,4,7,10-11H2,1H3. The first kappa shape index (κ1) is 14.7. The molecule has 7 heteroatoms. The van der Waals surface area contributed by atoms with Gasteiger partial charge in [0.25, 0.3) is 0 Å². The summed E-state index contributed by atoms with van der Waals surface area (Å²) in [4.78, 5) is 5.58. The molecule has 1 aliphatic rings. The van der Waals surface area contributed by atoms with Crippen molar-refractivity contribution >= 4 is 21.4 Å². The molecular weight excluding hydrogens is 306 g/mol. The molecule has 114 valence electrons. The molecule has 0 spiro atoms. The van der Waals surface area contributed by atoms with Crippen molar-refractivity contribution in [2.45, 2.75) is 19.4 Å². The molecule has 1 fully saturated rings. The third kappa shape index (κ3) is 3.36. The summed E-state index contributed by atoms with van der Waals surface area (Å²) in [6.07, 6.45) is 7.08. The van der Waals surface area contributed by atoms with Gasteiger partial charge in [-0.05, 0) is 30.2 Å². The van der Waals surface area contributed by atoms with E-state index in [0.29, 0.717) is 19.0 Å². The number of imidazole rings is 1. The van der Waals surface area contributed by atoms with E-state index in [9.17, 15) is 8.42 Å². The molecular formula is C14H19N3O2S2. The fraction of sp³-hybridized carbons (Fsp3) is 0.500. The van der Waals surface area contributed by atoms with Crippen LogP contribution in [0.15, 0.2) is 29.9 Å². The number of sulfonamides is 1. The van der Waals surface area contributed by atoms with Crippen LogP contribution < -0.4 is 0 Å². The Bertz CT molecular complexity index is 692. The predicted molar refractivity (Wildman–Crippen MR) is 84.7 cm³/mol. The van der Waals surface area contributed by atoms with Crippen LogP contribution >= 0.6 is 11.3 Å². The highest BCUT2D eigenvalue weighted by Gasteiger charge is 2.26. The maximum atomic E-state index is 11.7. The number of nitrogens with zero attached hydrogens (tertiary/aromatic N) is 3. The van der Waals surface area contributed by atoms with Gasteiger partial charge in [-0.1, -0.05) is 6.07 Å². The number of piperidine rings is 1. The van der Waals surface area contributed by atoms with Crippen molar-refractivity contribution in [2.75, 3.05) is 19.3 Å². The van der Waals surface area contributed by atoms with Gasteiger partial charge in [0.2, 0.25) is 10.0 Å². The van der Waals surface area contributed by atoms with Crippen LogP contribution in [0.25, 0.3) is 10.7 Å². The molecule has 1 atom stereocenters. The Kier molecular flexibility index (Phi) is 4.14. The second-order valence-electron chi connectivity index (χ2n) is 5.51. The average molecular weight is 325 g/mol. The Morgan fingerprint density at radius 1 is 1.48 bits per heavy atom. The molecule has 0 radical (unpaired) electrons. The first-order chi connectivity index (χ1) is 10.0. The van der Waals surface area contributed by atoms with E-state index in [1.807, 2.05) is 23.8 Å². The first-order valence-electron chi connectivity index (χ1n) is 7.04. The van der Waals surface area contributed by atoms with Crippen LogP contribution in [0.1, 0.15) is 12.8 Å². The lowest BCUT2D eigenvalue weighted by atomic mass is 9.99. The molecule has 0 aromatic carbocycles. The van der Waals surface area contributed by atoms with Gasteiger partial charge in [-0.2, -0.15) is 0 Å². The zero-order chi connectivity index (χ0) is 14.9. The fourth-order valence-electron chi connectivity index (χ4n) is 2.84. The molecule has 2 aromatic heterocycles. The highest BCUT2D eigenvalue weighted by molar-refractivity contribution is 7.88. The second kappa shape index (κ2) is 5.90. The van der Waals surface area contributed by atoms with Gasteiger partial charge in [-0.25, -0.2) is 17.7 Å². The van der Waals surface area contributed by atoms with Crippen molar-refractivity contribution < 1.29 is 8.42 Å². The van der Waals surface area contributed by atoms with Gasteiger partial charge in [-0.3, -0.25) is 0 Å². The molecule has 0 saturated carbocycles.